The monoisotopic (exact) mass is 464 g/mol. The molecule has 0 spiro atoms. The van der Waals surface area contributed by atoms with Crippen LogP contribution in [0.25, 0.3) is 0 Å². The third kappa shape index (κ3) is 5.12. The zero-order valence-corrected chi connectivity index (χ0v) is 19.4. The van der Waals surface area contributed by atoms with Gasteiger partial charge in [0.05, 0.1) is 11.1 Å². The first-order valence-electron chi connectivity index (χ1n) is 10.6. The average Bonchev–Trinajstić information content (AvgIpc) is 2.79. The number of hydrogen-bond donors (Lipinski definition) is 1. The van der Waals surface area contributed by atoms with Crippen molar-refractivity contribution < 1.29 is 18.3 Å². The molecule has 0 radical (unpaired) electrons. The van der Waals surface area contributed by atoms with Gasteiger partial charge in [-0.2, -0.15) is 4.31 Å². The molecule has 1 saturated heterocycles. The summed E-state index contributed by atoms with van der Waals surface area (Å²) in [5.74, 6) is -0.143. The Morgan fingerprint density at radius 1 is 1.13 bits per heavy atom. The Bertz CT molecular complexity index is 1000. The normalized spacial score (nSPS) is 16.5. The van der Waals surface area contributed by atoms with Gasteiger partial charge in [0, 0.05) is 31.7 Å². The second-order valence-corrected chi connectivity index (χ2v) is 10.0. The maximum absolute atomic E-state index is 13.1. The van der Waals surface area contributed by atoms with Crippen LogP contribution in [0.3, 0.4) is 0 Å². The maximum Gasteiger partial charge on any atom is 0.253 e. The lowest BCUT2D eigenvalue weighted by atomic mass is 9.87. The van der Waals surface area contributed by atoms with Crippen molar-refractivity contribution in [1.29, 1.82) is 0 Å². The molecule has 1 fully saturated rings. The molecule has 0 bridgehead atoms. The number of carbonyl (C=O) groups excluding carboxylic acids is 1. The van der Waals surface area contributed by atoms with Crippen LogP contribution in [0.4, 0.5) is 0 Å². The Kier molecular flexibility index (Phi) is 7.75. The second-order valence-electron chi connectivity index (χ2n) is 7.72. The van der Waals surface area contributed by atoms with Gasteiger partial charge in [0.1, 0.15) is 4.90 Å². The van der Waals surface area contributed by atoms with E-state index in [0.29, 0.717) is 44.6 Å². The van der Waals surface area contributed by atoms with E-state index in [9.17, 15) is 18.3 Å². The van der Waals surface area contributed by atoms with Gasteiger partial charge in [-0.25, -0.2) is 8.42 Å². The molecule has 1 N–H and O–H groups in total. The van der Waals surface area contributed by atoms with Crippen LogP contribution in [-0.4, -0.2) is 54.8 Å². The van der Waals surface area contributed by atoms with Crippen LogP contribution in [0.15, 0.2) is 53.4 Å². The first kappa shape index (κ1) is 23.7. The minimum atomic E-state index is -3.77. The summed E-state index contributed by atoms with van der Waals surface area (Å²) in [6.07, 6.45) is 0.805. The summed E-state index contributed by atoms with van der Waals surface area (Å²) in [6, 6.07) is 14.0. The van der Waals surface area contributed by atoms with E-state index >= 15 is 0 Å². The minimum Gasteiger partial charge on any atom is -0.388 e. The quantitative estimate of drug-likeness (QED) is 0.672. The predicted molar refractivity (Wildman–Crippen MR) is 122 cm³/mol. The average molecular weight is 465 g/mol. The summed E-state index contributed by atoms with van der Waals surface area (Å²) in [6.45, 7) is 5.19. The van der Waals surface area contributed by atoms with Crippen molar-refractivity contribution in [2.45, 2.75) is 37.7 Å². The molecule has 31 heavy (non-hydrogen) atoms. The largest absolute Gasteiger partial charge is 0.388 e. The highest BCUT2D eigenvalue weighted by molar-refractivity contribution is 7.89. The molecular weight excluding hydrogens is 436 g/mol. The number of likely N-dealkylation sites (tertiary alicyclic amines) is 1. The Morgan fingerprint density at radius 2 is 1.74 bits per heavy atom. The number of amides is 1. The highest BCUT2D eigenvalue weighted by Crippen LogP contribution is 2.32. The zero-order chi connectivity index (χ0) is 22.6. The topological polar surface area (TPSA) is 77.9 Å². The fourth-order valence-electron chi connectivity index (χ4n) is 4.06. The summed E-state index contributed by atoms with van der Waals surface area (Å²) in [4.78, 5) is 14.7. The molecule has 0 aromatic heterocycles. The van der Waals surface area contributed by atoms with Crippen molar-refractivity contribution in [2.75, 3.05) is 26.2 Å². The summed E-state index contributed by atoms with van der Waals surface area (Å²) < 4.78 is 27.1. The van der Waals surface area contributed by atoms with E-state index in [4.69, 9.17) is 11.6 Å². The van der Waals surface area contributed by atoms with Crippen LogP contribution < -0.4 is 0 Å². The minimum absolute atomic E-state index is 0.0434. The first-order chi connectivity index (χ1) is 14.8. The van der Waals surface area contributed by atoms with Crippen LogP contribution >= 0.6 is 11.6 Å². The molecule has 8 heteroatoms. The lowest BCUT2D eigenvalue weighted by molar-refractivity contribution is 0.0462. The van der Waals surface area contributed by atoms with Crippen LogP contribution in [0.1, 0.15) is 48.7 Å². The third-order valence-corrected chi connectivity index (χ3v) is 8.45. The smallest absolute Gasteiger partial charge is 0.253 e. The molecule has 3 rings (SSSR count). The third-order valence-electron chi connectivity index (χ3n) is 5.92. The number of hydrogen-bond acceptors (Lipinski definition) is 4. The molecule has 1 amide bonds. The van der Waals surface area contributed by atoms with Gasteiger partial charge in [-0.05, 0) is 42.5 Å². The van der Waals surface area contributed by atoms with Crippen molar-refractivity contribution in [3.8, 4) is 0 Å². The van der Waals surface area contributed by atoms with Gasteiger partial charge in [0.15, 0.2) is 0 Å². The van der Waals surface area contributed by atoms with Gasteiger partial charge in [0.2, 0.25) is 10.0 Å². The number of carbonyl (C=O) groups is 1. The van der Waals surface area contributed by atoms with Gasteiger partial charge in [-0.3, -0.25) is 4.79 Å². The van der Waals surface area contributed by atoms with E-state index < -0.39 is 16.1 Å². The molecule has 1 aliphatic rings. The molecule has 2 aromatic carbocycles. The van der Waals surface area contributed by atoms with Crippen LogP contribution in [0, 0.1) is 5.92 Å². The van der Waals surface area contributed by atoms with E-state index in [2.05, 4.69) is 0 Å². The molecule has 0 aliphatic carbocycles. The standard InChI is InChI=1S/C23H29ClN2O4S/c1-3-26(4-2)31(29,30)21-16-19(10-11-20(21)24)23(28)25-14-12-18(13-15-25)22(27)17-8-6-5-7-9-17/h5-11,16,18,22,27H,3-4,12-15H2,1-2H3. The Balaban J connectivity index is 1.73. The Hall–Kier alpha value is -1.93. The van der Waals surface area contributed by atoms with Crippen molar-refractivity contribution in [1.82, 2.24) is 9.21 Å². The Labute approximate surface area is 189 Å². The number of halogens is 1. The molecule has 1 unspecified atom stereocenters. The van der Waals surface area contributed by atoms with Crippen LogP contribution in [0.5, 0.6) is 0 Å². The molecule has 1 atom stereocenters. The first-order valence-corrected chi connectivity index (χ1v) is 12.4. The van der Waals surface area contributed by atoms with E-state index in [1.807, 2.05) is 30.3 Å². The zero-order valence-electron chi connectivity index (χ0n) is 17.9. The van der Waals surface area contributed by atoms with Gasteiger partial charge >= 0.3 is 0 Å². The van der Waals surface area contributed by atoms with E-state index in [0.717, 1.165) is 5.56 Å². The molecule has 0 saturated carbocycles. The SMILES string of the molecule is CCN(CC)S(=O)(=O)c1cc(C(=O)N2CCC(C(O)c3ccccc3)CC2)ccc1Cl. The number of piperidine rings is 1. The number of benzene rings is 2. The Morgan fingerprint density at radius 3 is 2.32 bits per heavy atom. The fraction of sp³-hybridized carbons (Fsp3) is 0.435. The van der Waals surface area contributed by atoms with Crippen LogP contribution in [-0.2, 0) is 10.0 Å². The van der Waals surface area contributed by atoms with Gasteiger partial charge in [-0.15, -0.1) is 0 Å². The van der Waals surface area contributed by atoms with E-state index in [1.54, 1.807) is 24.8 Å². The van der Waals surface area contributed by atoms with Gasteiger partial charge in [-0.1, -0.05) is 55.8 Å². The van der Waals surface area contributed by atoms with E-state index in [-0.39, 0.29) is 21.7 Å². The summed E-state index contributed by atoms with van der Waals surface area (Å²) in [7, 11) is -3.77. The lowest BCUT2D eigenvalue weighted by Crippen LogP contribution is -2.40. The number of aliphatic hydroxyl groups is 1. The maximum atomic E-state index is 13.1. The second kappa shape index (κ2) is 10.1. The van der Waals surface area contributed by atoms with Crippen molar-refractivity contribution in [2.24, 2.45) is 5.92 Å². The summed E-state index contributed by atoms with van der Waals surface area (Å²) in [5.41, 5.74) is 1.19. The molecule has 6 nitrogen and oxygen atoms in total. The highest BCUT2D eigenvalue weighted by Gasteiger charge is 2.30. The number of rotatable bonds is 7. The molecule has 2 aromatic rings. The molecule has 1 aliphatic heterocycles. The van der Waals surface area contributed by atoms with Gasteiger partial charge in [0.25, 0.3) is 5.91 Å². The van der Waals surface area contributed by atoms with Gasteiger partial charge < -0.3 is 10.0 Å². The van der Waals surface area contributed by atoms with E-state index in [1.165, 1.54) is 16.4 Å². The van der Waals surface area contributed by atoms with Crippen molar-refractivity contribution >= 4 is 27.5 Å². The van der Waals surface area contributed by atoms with Crippen molar-refractivity contribution in [3.05, 3.63) is 64.7 Å². The molecular formula is C23H29ClN2O4S. The summed E-state index contributed by atoms with van der Waals surface area (Å²) in [5, 5.41) is 10.8. The lowest BCUT2D eigenvalue weighted by Gasteiger charge is -2.34. The number of sulfonamides is 1. The highest BCUT2D eigenvalue weighted by atomic mass is 35.5. The fourth-order valence-corrected chi connectivity index (χ4v) is 6.02. The molecule has 1 heterocycles. The predicted octanol–water partition coefficient (Wildman–Crippen LogP) is 3.96. The molecule has 168 valence electrons. The van der Waals surface area contributed by atoms with Crippen LogP contribution in [0.2, 0.25) is 5.02 Å². The van der Waals surface area contributed by atoms with Crippen molar-refractivity contribution in [3.63, 3.8) is 0 Å². The number of aliphatic hydroxyl groups excluding tert-OH is 1. The summed E-state index contributed by atoms with van der Waals surface area (Å²) >= 11 is 6.18. The number of nitrogens with zero attached hydrogens (tertiary/aromatic N) is 2.